The van der Waals surface area contributed by atoms with Gasteiger partial charge in [-0.25, -0.2) is 0 Å². The van der Waals surface area contributed by atoms with Crippen LogP contribution in [-0.4, -0.2) is 26.6 Å². The molecule has 0 N–H and O–H groups in total. The van der Waals surface area contributed by atoms with Gasteiger partial charge in [-0.1, -0.05) is 0 Å². The Labute approximate surface area is 116 Å². The van der Waals surface area contributed by atoms with E-state index in [1.54, 1.807) is 0 Å². The second kappa shape index (κ2) is 10.9. The number of hydrogen-bond acceptors (Lipinski definition) is 2. The molecule has 0 aliphatic carbocycles. The number of hydrogen-bond donors (Lipinski definition) is 0. The first-order valence-electron chi connectivity index (χ1n) is 7.56. The summed E-state index contributed by atoms with van der Waals surface area (Å²) in [6.45, 7) is 6.76. The number of rotatable bonds is 11. The Morgan fingerprint density at radius 3 is 1.56 bits per heavy atom. The summed E-state index contributed by atoms with van der Waals surface area (Å²) in [4.78, 5) is 11.7. The molecule has 0 spiro atoms. The van der Waals surface area contributed by atoms with E-state index in [0.717, 1.165) is 5.21 Å². The van der Waals surface area contributed by atoms with Crippen molar-refractivity contribution in [1.82, 2.24) is 0 Å². The zero-order chi connectivity index (χ0) is 13.9. The minimum atomic E-state index is -1.80. The number of esters is 1. The van der Waals surface area contributed by atoms with Crippen molar-refractivity contribution in [1.29, 1.82) is 0 Å². The van der Waals surface area contributed by atoms with Gasteiger partial charge in [0.1, 0.15) is 0 Å². The van der Waals surface area contributed by atoms with E-state index in [2.05, 4.69) is 20.8 Å². The summed E-state index contributed by atoms with van der Waals surface area (Å²) in [7, 11) is 1.53. The van der Waals surface area contributed by atoms with Crippen molar-refractivity contribution in [2.75, 3.05) is 7.11 Å². The summed E-state index contributed by atoms with van der Waals surface area (Å²) in [5.41, 5.74) is 0. The number of carbonyl (C=O) groups is 1. The van der Waals surface area contributed by atoms with Crippen LogP contribution in [0.25, 0.3) is 0 Å². The third-order valence-corrected chi connectivity index (χ3v) is 13.6. The average Bonchev–Trinajstić information content (AvgIpc) is 2.40. The predicted octanol–water partition coefficient (Wildman–Crippen LogP) is 5.01. The number of methoxy groups -OCH3 is 1. The Kier molecular flexibility index (Phi) is 10.9. The molecular formula is C15H32AsO2+. The molecule has 0 bridgehead atoms. The van der Waals surface area contributed by atoms with Gasteiger partial charge in [-0.2, -0.15) is 0 Å². The zero-order valence-electron chi connectivity index (χ0n) is 12.8. The molecule has 0 atom stereocenters. The number of carbonyl (C=O) groups excluding carboxylic acids is 1. The fourth-order valence-corrected chi connectivity index (χ4v) is 12.4. The summed E-state index contributed by atoms with van der Waals surface area (Å²) < 4.78 is 4.95. The molecule has 0 amide bonds. The standard InChI is InChI=1S/C15H32AsO2/c1-5-8-11-16(12-9-6-2,13-10-7-3)14-15(17)18-4/h5-14H2,1-4H3/q+1. The van der Waals surface area contributed by atoms with Crippen LogP contribution < -0.4 is 0 Å². The van der Waals surface area contributed by atoms with Gasteiger partial charge in [0.15, 0.2) is 0 Å². The first-order chi connectivity index (χ1) is 8.64. The first-order valence-corrected chi connectivity index (χ1v) is 12.9. The Morgan fingerprint density at radius 1 is 0.889 bits per heavy atom. The van der Waals surface area contributed by atoms with Crippen molar-refractivity contribution in [3.05, 3.63) is 0 Å². The van der Waals surface area contributed by atoms with Crippen LogP contribution in [0.3, 0.4) is 0 Å². The summed E-state index contributed by atoms with van der Waals surface area (Å²) in [6, 6.07) is 0. The van der Waals surface area contributed by atoms with Crippen LogP contribution in [0.5, 0.6) is 0 Å². The van der Waals surface area contributed by atoms with E-state index in [4.69, 9.17) is 4.74 Å². The molecule has 0 fully saturated rings. The Hall–Kier alpha value is 0.0284. The molecule has 0 aliphatic rings. The SMILES string of the molecule is CCCC[As+](CCCC)(CCCC)CC(=O)OC. The third kappa shape index (κ3) is 7.46. The van der Waals surface area contributed by atoms with Crippen molar-refractivity contribution in [2.45, 2.75) is 80.1 Å². The van der Waals surface area contributed by atoms with Crippen LogP contribution in [0.1, 0.15) is 59.3 Å². The minimum absolute atomic E-state index is 0.0470. The van der Waals surface area contributed by atoms with E-state index in [-0.39, 0.29) is 5.97 Å². The molecule has 108 valence electrons. The number of ether oxygens (including phenoxy) is 1. The monoisotopic (exact) mass is 319 g/mol. The van der Waals surface area contributed by atoms with Crippen LogP contribution in [0.2, 0.25) is 20.8 Å². The van der Waals surface area contributed by atoms with Gasteiger partial charge >= 0.3 is 116 Å². The van der Waals surface area contributed by atoms with Gasteiger partial charge in [0.2, 0.25) is 0 Å². The summed E-state index contributed by atoms with van der Waals surface area (Å²) in [6.07, 6.45) is 7.67. The van der Waals surface area contributed by atoms with Crippen molar-refractivity contribution in [3.8, 4) is 0 Å². The summed E-state index contributed by atoms with van der Waals surface area (Å²) in [5, 5.41) is 4.84. The van der Waals surface area contributed by atoms with Gasteiger partial charge in [0.25, 0.3) is 0 Å². The molecule has 0 aromatic rings. The maximum absolute atomic E-state index is 11.7. The third-order valence-electron chi connectivity index (χ3n) is 3.65. The maximum atomic E-state index is 11.7. The Balaban J connectivity index is 4.66. The van der Waals surface area contributed by atoms with E-state index in [1.807, 2.05) is 0 Å². The molecule has 0 aromatic carbocycles. The average molecular weight is 319 g/mol. The normalized spacial score (nSPS) is 11.6. The van der Waals surface area contributed by atoms with Crippen LogP contribution >= 0.6 is 0 Å². The van der Waals surface area contributed by atoms with Crippen molar-refractivity contribution in [2.24, 2.45) is 0 Å². The summed E-state index contributed by atoms with van der Waals surface area (Å²) in [5.74, 6) is 0.0470. The molecule has 3 heteroatoms. The predicted molar refractivity (Wildman–Crippen MR) is 81.7 cm³/mol. The summed E-state index contributed by atoms with van der Waals surface area (Å²) >= 11 is -1.80. The van der Waals surface area contributed by atoms with Gasteiger partial charge in [0, 0.05) is 0 Å². The molecule has 0 heterocycles. The first kappa shape index (κ1) is 18.0. The molecule has 0 unspecified atom stereocenters. The molecule has 0 saturated heterocycles. The molecule has 0 aliphatic heterocycles. The molecule has 0 saturated carbocycles. The van der Waals surface area contributed by atoms with Crippen LogP contribution in [0.4, 0.5) is 0 Å². The topological polar surface area (TPSA) is 26.3 Å². The van der Waals surface area contributed by atoms with Gasteiger partial charge in [0.05, 0.1) is 0 Å². The van der Waals surface area contributed by atoms with E-state index >= 15 is 0 Å². The van der Waals surface area contributed by atoms with E-state index in [9.17, 15) is 4.79 Å². The van der Waals surface area contributed by atoms with E-state index in [1.165, 1.54) is 61.3 Å². The molecule has 0 radical (unpaired) electrons. The van der Waals surface area contributed by atoms with Crippen molar-refractivity contribution >= 4 is 19.5 Å². The number of unbranched alkanes of at least 4 members (excludes halogenated alkanes) is 3. The van der Waals surface area contributed by atoms with Gasteiger partial charge in [-0.15, -0.1) is 0 Å². The Morgan fingerprint density at radius 2 is 1.28 bits per heavy atom. The van der Waals surface area contributed by atoms with Gasteiger partial charge < -0.3 is 0 Å². The zero-order valence-corrected chi connectivity index (χ0v) is 14.7. The quantitative estimate of drug-likeness (QED) is 0.395. The molecule has 18 heavy (non-hydrogen) atoms. The second-order valence-electron chi connectivity index (χ2n) is 5.31. The van der Waals surface area contributed by atoms with Crippen LogP contribution in [-0.2, 0) is 9.53 Å². The molecule has 0 aromatic heterocycles. The van der Waals surface area contributed by atoms with Crippen LogP contribution in [0, 0.1) is 0 Å². The molecular weight excluding hydrogens is 287 g/mol. The molecule has 0 rings (SSSR count). The van der Waals surface area contributed by atoms with Crippen molar-refractivity contribution < 1.29 is 9.53 Å². The van der Waals surface area contributed by atoms with Crippen LogP contribution in [0.15, 0.2) is 0 Å². The van der Waals surface area contributed by atoms with E-state index in [0.29, 0.717) is 0 Å². The van der Waals surface area contributed by atoms with Gasteiger partial charge in [-0.3, -0.25) is 0 Å². The second-order valence-corrected chi connectivity index (χ2v) is 14.4. The molecule has 2 nitrogen and oxygen atoms in total. The van der Waals surface area contributed by atoms with Crippen molar-refractivity contribution in [3.63, 3.8) is 0 Å². The fourth-order valence-electron chi connectivity index (χ4n) is 2.39. The fraction of sp³-hybridized carbons (Fsp3) is 0.933. The Bertz CT molecular complexity index is 195. The van der Waals surface area contributed by atoms with E-state index < -0.39 is 13.6 Å². The van der Waals surface area contributed by atoms with Gasteiger partial charge in [-0.05, 0) is 0 Å².